The number of rotatable bonds is 5. The second kappa shape index (κ2) is 7.04. The Bertz CT molecular complexity index is 852. The van der Waals surface area contributed by atoms with Crippen LogP contribution in [0.4, 0.5) is 8.78 Å². The van der Waals surface area contributed by atoms with Gasteiger partial charge in [-0.05, 0) is 41.8 Å². The minimum Gasteiger partial charge on any atom is -0.294 e. The van der Waals surface area contributed by atoms with E-state index in [1.807, 2.05) is 6.07 Å². The smallest absolute Gasteiger partial charge is 0.170 e. The Morgan fingerprint density at radius 3 is 2.42 bits per heavy atom. The molecule has 0 spiro atoms. The number of Topliss-reactive ketones (excluding diaryl/α,β-unsaturated/α-hetero) is 1. The van der Waals surface area contributed by atoms with Crippen molar-refractivity contribution in [3.63, 3.8) is 0 Å². The average Bonchev–Trinajstić information content (AvgIpc) is 2.61. The van der Waals surface area contributed by atoms with Crippen LogP contribution in [0.1, 0.15) is 27.2 Å². The Morgan fingerprint density at radius 2 is 1.75 bits per heavy atom. The first-order valence-electron chi connectivity index (χ1n) is 7.29. The number of carbonyl (C=O) groups excluding carboxylic acids is 1. The number of carbonyl (C=O) groups is 1. The third kappa shape index (κ3) is 3.84. The van der Waals surface area contributed by atoms with E-state index in [0.717, 1.165) is 11.6 Å². The summed E-state index contributed by atoms with van der Waals surface area (Å²) in [5.74, 6) is -1.82. The van der Waals surface area contributed by atoms with Crippen LogP contribution in [0.25, 0.3) is 0 Å². The van der Waals surface area contributed by atoms with Gasteiger partial charge in [-0.2, -0.15) is 10.2 Å². The Kier molecular flexibility index (Phi) is 4.65. The normalized spacial score (nSPS) is 10.6. The number of hydrogen-bond donors (Lipinski definition) is 0. The van der Waals surface area contributed by atoms with E-state index in [1.54, 1.807) is 18.3 Å². The molecule has 0 bridgehead atoms. The van der Waals surface area contributed by atoms with Crippen LogP contribution in [0.3, 0.4) is 0 Å². The minimum absolute atomic E-state index is 0.0919. The molecular formula is C18H13F2N3O. The van der Waals surface area contributed by atoms with Gasteiger partial charge < -0.3 is 0 Å². The zero-order chi connectivity index (χ0) is 16.9. The molecule has 0 unspecified atom stereocenters. The monoisotopic (exact) mass is 325 g/mol. The van der Waals surface area contributed by atoms with Crippen molar-refractivity contribution in [2.24, 2.45) is 0 Å². The van der Waals surface area contributed by atoms with E-state index in [2.05, 4.69) is 15.2 Å². The van der Waals surface area contributed by atoms with Crippen molar-refractivity contribution in [2.45, 2.75) is 12.8 Å². The van der Waals surface area contributed by atoms with E-state index >= 15 is 0 Å². The van der Waals surface area contributed by atoms with Gasteiger partial charge in [0.2, 0.25) is 0 Å². The van der Waals surface area contributed by atoms with Crippen LogP contribution in [0, 0.1) is 11.6 Å². The van der Waals surface area contributed by atoms with Crippen molar-refractivity contribution < 1.29 is 13.6 Å². The van der Waals surface area contributed by atoms with Gasteiger partial charge in [-0.1, -0.05) is 12.1 Å². The molecule has 120 valence electrons. The molecule has 0 saturated carbocycles. The number of hydrogen-bond acceptors (Lipinski definition) is 4. The summed E-state index contributed by atoms with van der Waals surface area (Å²) in [6, 6.07) is 8.99. The zero-order valence-electron chi connectivity index (χ0n) is 12.6. The molecule has 3 rings (SSSR count). The summed E-state index contributed by atoms with van der Waals surface area (Å²) in [5, 5.41) is 7.30. The predicted molar refractivity (Wildman–Crippen MR) is 83.5 cm³/mol. The minimum atomic E-state index is -0.867. The molecule has 2 heterocycles. The number of pyridine rings is 1. The van der Waals surface area contributed by atoms with Gasteiger partial charge in [0.1, 0.15) is 0 Å². The fourth-order valence-corrected chi connectivity index (χ4v) is 2.27. The molecule has 4 nitrogen and oxygen atoms in total. The molecule has 0 aliphatic rings. The van der Waals surface area contributed by atoms with E-state index in [1.165, 1.54) is 24.5 Å². The summed E-state index contributed by atoms with van der Waals surface area (Å²) < 4.78 is 26.1. The van der Waals surface area contributed by atoms with Gasteiger partial charge in [-0.15, -0.1) is 0 Å². The van der Waals surface area contributed by atoms with Gasteiger partial charge >= 0.3 is 0 Å². The van der Waals surface area contributed by atoms with Crippen LogP contribution in [-0.4, -0.2) is 21.0 Å². The molecule has 0 aliphatic carbocycles. The maximum Gasteiger partial charge on any atom is 0.170 e. The van der Waals surface area contributed by atoms with Crippen LogP contribution in [0.5, 0.6) is 0 Å². The van der Waals surface area contributed by atoms with Crippen LogP contribution in [-0.2, 0) is 12.8 Å². The Morgan fingerprint density at radius 1 is 0.917 bits per heavy atom. The molecule has 0 aliphatic heterocycles. The lowest BCUT2D eigenvalue weighted by Crippen LogP contribution is -2.06. The maximum absolute atomic E-state index is 13.2. The molecule has 24 heavy (non-hydrogen) atoms. The van der Waals surface area contributed by atoms with E-state index in [9.17, 15) is 13.6 Å². The molecule has 0 saturated heterocycles. The van der Waals surface area contributed by atoms with Crippen LogP contribution in [0.15, 0.2) is 55.0 Å². The van der Waals surface area contributed by atoms with E-state index in [0.29, 0.717) is 23.2 Å². The molecule has 6 heteroatoms. The molecular weight excluding hydrogens is 312 g/mol. The SMILES string of the molecule is O=C(Cc1ccc(Cc2ccc(F)c(F)c2)cn1)c1ccnnc1. The van der Waals surface area contributed by atoms with E-state index < -0.39 is 11.6 Å². The maximum atomic E-state index is 13.2. The number of aromatic nitrogens is 3. The summed E-state index contributed by atoms with van der Waals surface area (Å²) in [5.41, 5.74) is 2.62. The average molecular weight is 325 g/mol. The topological polar surface area (TPSA) is 55.7 Å². The molecule has 3 aromatic rings. The van der Waals surface area contributed by atoms with Crippen LogP contribution in [0.2, 0.25) is 0 Å². The van der Waals surface area contributed by atoms with E-state index in [4.69, 9.17) is 0 Å². The van der Waals surface area contributed by atoms with E-state index in [-0.39, 0.29) is 12.2 Å². The first-order valence-corrected chi connectivity index (χ1v) is 7.29. The number of ketones is 1. The highest BCUT2D eigenvalue weighted by atomic mass is 19.2. The van der Waals surface area contributed by atoms with Crippen molar-refractivity contribution in [3.8, 4) is 0 Å². The highest BCUT2D eigenvalue weighted by Gasteiger charge is 2.09. The Hall–Kier alpha value is -3.02. The number of nitrogens with zero attached hydrogens (tertiary/aromatic N) is 3. The van der Waals surface area contributed by atoms with Gasteiger partial charge in [0.15, 0.2) is 17.4 Å². The van der Waals surface area contributed by atoms with Crippen molar-refractivity contribution in [1.82, 2.24) is 15.2 Å². The van der Waals surface area contributed by atoms with Crippen LogP contribution >= 0.6 is 0 Å². The quantitative estimate of drug-likeness (QED) is 0.676. The first kappa shape index (κ1) is 15.9. The van der Waals surface area contributed by atoms with Gasteiger partial charge in [0.05, 0.1) is 18.8 Å². The molecule has 1 aromatic carbocycles. The van der Waals surface area contributed by atoms with Crippen molar-refractivity contribution in [1.29, 1.82) is 0 Å². The zero-order valence-corrected chi connectivity index (χ0v) is 12.6. The molecule has 2 aromatic heterocycles. The Labute approximate surface area is 137 Å². The van der Waals surface area contributed by atoms with Gasteiger partial charge in [-0.3, -0.25) is 9.78 Å². The fraction of sp³-hybridized carbons (Fsp3) is 0.111. The lowest BCUT2D eigenvalue weighted by atomic mass is 10.0. The van der Waals surface area contributed by atoms with Crippen molar-refractivity contribution >= 4 is 5.78 Å². The van der Waals surface area contributed by atoms with Crippen LogP contribution < -0.4 is 0 Å². The standard InChI is InChI=1S/C18H13F2N3O/c19-16-4-2-12(8-17(16)20)7-13-1-3-15(21-10-13)9-18(24)14-5-6-22-23-11-14/h1-6,8,10-11H,7,9H2. The lowest BCUT2D eigenvalue weighted by Gasteiger charge is -2.04. The highest BCUT2D eigenvalue weighted by Crippen LogP contribution is 2.14. The fourth-order valence-electron chi connectivity index (χ4n) is 2.27. The molecule has 0 N–H and O–H groups in total. The summed E-state index contributed by atoms with van der Waals surface area (Å²) in [6.45, 7) is 0. The number of benzene rings is 1. The van der Waals surface area contributed by atoms with Crippen molar-refractivity contribution in [3.05, 3.63) is 89.0 Å². The molecule has 0 amide bonds. The van der Waals surface area contributed by atoms with Crippen molar-refractivity contribution in [2.75, 3.05) is 0 Å². The highest BCUT2D eigenvalue weighted by molar-refractivity contribution is 5.96. The second-order valence-electron chi connectivity index (χ2n) is 5.31. The van der Waals surface area contributed by atoms with Gasteiger partial charge in [-0.25, -0.2) is 8.78 Å². The molecule has 0 atom stereocenters. The third-order valence-electron chi connectivity index (χ3n) is 3.53. The first-order chi connectivity index (χ1) is 11.6. The Balaban J connectivity index is 1.67. The summed E-state index contributed by atoms with van der Waals surface area (Å²) in [7, 11) is 0. The number of halogens is 2. The summed E-state index contributed by atoms with van der Waals surface area (Å²) >= 11 is 0. The lowest BCUT2D eigenvalue weighted by molar-refractivity contribution is 0.0991. The second-order valence-corrected chi connectivity index (χ2v) is 5.31. The molecule has 0 radical (unpaired) electrons. The van der Waals surface area contributed by atoms with Gasteiger partial charge in [0.25, 0.3) is 0 Å². The summed E-state index contributed by atoms with van der Waals surface area (Å²) in [6.07, 6.45) is 5.11. The predicted octanol–water partition coefficient (Wildman–Crippen LogP) is 3.17. The largest absolute Gasteiger partial charge is 0.294 e. The van der Waals surface area contributed by atoms with Gasteiger partial charge in [0, 0.05) is 17.5 Å². The summed E-state index contributed by atoms with van der Waals surface area (Å²) in [4.78, 5) is 16.3. The third-order valence-corrected chi connectivity index (χ3v) is 3.53. The molecule has 0 fully saturated rings.